The molecule has 3 heteroatoms. The Morgan fingerprint density at radius 2 is 2.06 bits per heavy atom. The fraction of sp³-hybridized carbons (Fsp3) is 1.00. The molecule has 0 aromatic heterocycles. The Labute approximate surface area is 116 Å². The molecule has 104 valence electrons. The monoisotopic (exact) mass is 268 g/mol. The lowest BCUT2D eigenvalue weighted by Crippen LogP contribution is -2.59. The molecule has 1 aliphatic heterocycles. The Bertz CT molecular complexity index is 280. The van der Waals surface area contributed by atoms with Crippen LogP contribution in [0.3, 0.4) is 0 Å². The maximum atomic E-state index is 3.81. The van der Waals surface area contributed by atoms with Crippen molar-refractivity contribution in [2.24, 2.45) is 5.92 Å². The second kappa shape index (κ2) is 5.72. The minimum Gasteiger partial charge on any atom is -0.311 e. The van der Waals surface area contributed by atoms with E-state index in [1.165, 1.54) is 51.6 Å². The lowest BCUT2D eigenvalue weighted by Gasteiger charge is -2.44. The largest absolute Gasteiger partial charge is 0.311 e. The van der Waals surface area contributed by atoms with Gasteiger partial charge in [0.15, 0.2) is 0 Å². The summed E-state index contributed by atoms with van der Waals surface area (Å²) in [6.07, 6.45) is 10.9. The second-order valence-electron chi connectivity index (χ2n) is 6.44. The number of nitrogens with zero attached hydrogens (tertiary/aromatic N) is 1. The Balaban J connectivity index is 1.62. The molecule has 1 saturated heterocycles. The molecule has 0 aromatic carbocycles. The van der Waals surface area contributed by atoms with E-state index >= 15 is 0 Å². The number of nitrogens with one attached hydrogen (secondary N) is 1. The summed E-state index contributed by atoms with van der Waals surface area (Å²) < 4.78 is 0. The van der Waals surface area contributed by atoms with Crippen molar-refractivity contribution in [2.45, 2.75) is 68.8 Å². The van der Waals surface area contributed by atoms with Gasteiger partial charge in [-0.3, -0.25) is 4.90 Å². The van der Waals surface area contributed by atoms with Crippen LogP contribution in [0.5, 0.6) is 0 Å². The van der Waals surface area contributed by atoms with E-state index in [9.17, 15) is 0 Å². The normalized spacial score (nSPS) is 42.3. The molecular formula is C15H28N2S. The zero-order valence-corrected chi connectivity index (χ0v) is 12.7. The SMILES string of the molecule is CCC1CNC(C2CC2)CN1C1CCC(SC)C1. The van der Waals surface area contributed by atoms with Gasteiger partial charge in [0.2, 0.25) is 0 Å². The summed E-state index contributed by atoms with van der Waals surface area (Å²) in [4.78, 5) is 2.88. The van der Waals surface area contributed by atoms with Crippen LogP contribution < -0.4 is 5.32 Å². The molecular weight excluding hydrogens is 240 g/mol. The number of rotatable bonds is 4. The molecule has 4 unspecified atom stereocenters. The summed E-state index contributed by atoms with van der Waals surface area (Å²) in [6, 6.07) is 2.49. The third-order valence-corrected chi connectivity index (χ3v) is 6.41. The van der Waals surface area contributed by atoms with E-state index in [0.29, 0.717) is 0 Å². The van der Waals surface area contributed by atoms with E-state index in [0.717, 1.165) is 29.3 Å². The zero-order valence-electron chi connectivity index (χ0n) is 11.9. The van der Waals surface area contributed by atoms with Gasteiger partial charge in [-0.15, -0.1) is 0 Å². The maximum absolute atomic E-state index is 3.81. The van der Waals surface area contributed by atoms with E-state index < -0.39 is 0 Å². The van der Waals surface area contributed by atoms with Crippen molar-refractivity contribution in [3.05, 3.63) is 0 Å². The van der Waals surface area contributed by atoms with Crippen molar-refractivity contribution in [1.29, 1.82) is 0 Å². The highest BCUT2D eigenvalue weighted by atomic mass is 32.2. The van der Waals surface area contributed by atoms with Crippen molar-refractivity contribution < 1.29 is 0 Å². The first-order valence-corrected chi connectivity index (χ1v) is 9.12. The first kappa shape index (κ1) is 13.3. The van der Waals surface area contributed by atoms with Crippen molar-refractivity contribution >= 4 is 11.8 Å². The molecule has 3 aliphatic rings. The predicted octanol–water partition coefficient (Wildman–Crippen LogP) is 2.73. The van der Waals surface area contributed by atoms with Crippen molar-refractivity contribution in [1.82, 2.24) is 10.2 Å². The molecule has 18 heavy (non-hydrogen) atoms. The molecule has 0 bridgehead atoms. The summed E-state index contributed by atoms with van der Waals surface area (Å²) in [6.45, 7) is 4.92. The highest BCUT2D eigenvalue weighted by molar-refractivity contribution is 7.99. The van der Waals surface area contributed by atoms with Crippen LogP contribution in [0.25, 0.3) is 0 Å². The van der Waals surface area contributed by atoms with E-state index in [1.54, 1.807) is 0 Å². The molecule has 4 atom stereocenters. The van der Waals surface area contributed by atoms with Gasteiger partial charge in [-0.2, -0.15) is 11.8 Å². The molecule has 0 radical (unpaired) electrons. The average molecular weight is 268 g/mol. The fourth-order valence-corrected chi connectivity index (χ4v) is 4.70. The van der Waals surface area contributed by atoms with Crippen LogP contribution in [0.1, 0.15) is 45.4 Å². The van der Waals surface area contributed by atoms with E-state index in [2.05, 4.69) is 35.2 Å². The molecule has 0 amide bonds. The van der Waals surface area contributed by atoms with E-state index in [4.69, 9.17) is 0 Å². The minimum absolute atomic E-state index is 0.797. The summed E-state index contributed by atoms with van der Waals surface area (Å²) >= 11 is 2.09. The molecule has 2 aliphatic carbocycles. The number of thioether (sulfide) groups is 1. The quantitative estimate of drug-likeness (QED) is 0.844. The van der Waals surface area contributed by atoms with Gasteiger partial charge in [-0.05, 0) is 50.7 Å². The van der Waals surface area contributed by atoms with Gasteiger partial charge in [0.25, 0.3) is 0 Å². The number of hydrogen-bond donors (Lipinski definition) is 1. The van der Waals surface area contributed by atoms with Gasteiger partial charge in [0, 0.05) is 36.5 Å². The molecule has 0 aromatic rings. The standard InChI is InChI=1S/C15H28N2S/c1-3-12-9-16-15(11-4-5-11)10-17(12)13-6-7-14(8-13)18-2/h11-16H,3-10H2,1-2H3. The molecule has 3 fully saturated rings. The molecule has 1 heterocycles. The predicted molar refractivity (Wildman–Crippen MR) is 80.2 cm³/mol. The Morgan fingerprint density at radius 3 is 2.67 bits per heavy atom. The van der Waals surface area contributed by atoms with Crippen LogP contribution in [-0.4, -0.2) is 47.6 Å². The third-order valence-electron chi connectivity index (χ3n) is 5.31. The maximum Gasteiger partial charge on any atom is 0.0224 e. The molecule has 2 saturated carbocycles. The highest BCUT2D eigenvalue weighted by Gasteiger charge is 2.40. The van der Waals surface area contributed by atoms with Gasteiger partial charge < -0.3 is 5.32 Å². The van der Waals surface area contributed by atoms with Crippen LogP contribution >= 0.6 is 11.8 Å². The first-order chi connectivity index (χ1) is 8.81. The topological polar surface area (TPSA) is 15.3 Å². The Morgan fingerprint density at radius 1 is 1.22 bits per heavy atom. The number of piperazine rings is 1. The van der Waals surface area contributed by atoms with Crippen LogP contribution in [0.2, 0.25) is 0 Å². The molecule has 1 N–H and O–H groups in total. The van der Waals surface area contributed by atoms with Gasteiger partial charge in [-0.1, -0.05) is 6.92 Å². The molecule has 3 rings (SSSR count). The van der Waals surface area contributed by atoms with E-state index in [-0.39, 0.29) is 0 Å². The van der Waals surface area contributed by atoms with Crippen LogP contribution in [0.4, 0.5) is 0 Å². The third kappa shape index (κ3) is 2.73. The van der Waals surface area contributed by atoms with E-state index in [1.807, 2.05) is 0 Å². The smallest absolute Gasteiger partial charge is 0.0224 e. The first-order valence-electron chi connectivity index (χ1n) is 7.83. The average Bonchev–Trinajstić information content (AvgIpc) is 3.16. The Kier molecular flexibility index (Phi) is 4.21. The lowest BCUT2D eigenvalue weighted by molar-refractivity contribution is 0.0757. The van der Waals surface area contributed by atoms with Gasteiger partial charge in [0.05, 0.1) is 0 Å². The second-order valence-corrected chi connectivity index (χ2v) is 7.57. The van der Waals surface area contributed by atoms with Crippen LogP contribution in [-0.2, 0) is 0 Å². The van der Waals surface area contributed by atoms with Gasteiger partial charge >= 0.3 is 0 Å². The molecule has 2 nitrogen and oxygen atoms in total. The highest BCUT2D eigenvalue weighted by Crippen LogP contribution is 2.37. The fourth-order valence-electron chi connectivity index (χ4n) is 3.92. The summed E-state index contributed by atoms with van der Waals surface area (Å²) in [5, 5.41) is 4.75. The van der Waals surface area contributed by atoms with Crippen molar-refractivity contribution in [2.75, 3.05) is 19.3 Å². The minimum atomic E-state index is 0.797. The molecule has 0 spiro atoms. The number of hydrogen-bond acceptors (Lipinski definition) is 3. The van der Waals surface area contributed by atoms with Gasteiger partial charge in [-0.25, -0.2) is 0 Å². The van der Waals surface area contributed by atoms with Crippen LogP contribution in [0, 0.1) is 5.92 Å². The summed E-state index contributed by atoms with van der Waals surface area (Å²) in [5.74, 6) is 1.00. The lowest BCUT2D eigenvalue weighted by atomic mass is 10.0. The summed E-state index contributed by atoms with van der Waals surface area (Å²) in [7, 11) is 0. The van der Waals surface area contributed by atoms with Crippen LogP contribution in [0.15, 0.2) is 0 Å². The van der Waals surface area contributed by atoms with Crippen molar-refractivity contribution in [3.63, 3.8) is 0 Å². The van der Waals surface area contributed by atoms with Gasteiger partial charge in [0.1, 0.15) is 0 Å². The summed E-state index contributed by atoms with van der Waals surface area (Å²) in [5.41, 5.74) is 0. The zero-order chi connectivity index (χ0) is 12.5. The van der Waals surface area contributed by atoms with Crippen molar-refractivity contribution in [3.8, 4) is 0 Å². The Hall–Kier alpha value is 0.270.